The molecule has 0 unspecified atom stereocenters. The number of ketones is 1. The maximum Gasteiger partial charge on any atom is 0.164 e. The van der Waals surface area contributed by atoms with Crippen molar-refractivity contribution in [3.63, 3.8) is 0 Å². The highest BCUT2D eigenvalue weighted by Gasteiger charge is 2.16. The van der Waals surface area contributed by atoms with Crippen LogP contribution in [0, 0.1) is 11.7 Å². The molecule has 1 aromatic rings. The molecule has 88 valence electrons. The van der Waals surface area contributed by atoms with Gasteiger partial charge < -0.3 is 0 Å². The van der Waals surface area contributed by atoms with Crippen LogP contribution in [-0.2, 0) is 0 Å². The van der Waals surface area contributed by atoms with E-state index in [4.69, 9.17) is 0 Å². The monoisotopic (exact) mass is 286 g/mol. The van der Waals surface area contributed by atoms with Crippen LogP contribution in [0.2, 0.25) is 0 Å². The van der Waals surface area contributed by atoms with Gasteiger partial charge in [-0.15, -0.1) is 0 Å². The van der Waals surface area contributed by atoms with Gasteiger partial charge in [-0.2, -0.15) is 0 Å². The van der Waals surface area contributed by atoms with Gasteiger partial charge >= 0.3 is 0 Å². The Hall–Kier alpha value is -0.700. The van der Waals surface area contributed by atoms with Crippen molar-refractivity contribution in [2.24, 2.45) is 5.92 Å². The first-order valence-corrected chi connectivity index (χ1v) is 6.36. The number of hydrogen-bond donors (Lipinski definition) is 0. The van der Waals surface area contributed by atoms with Gasteiger partial charge in [0.2, 0.25) is 0 Å². The molecule has 16 heavy (non-hydrogen) atoms. The Bertz CT molecular complexity index is 372. The van der Waals surface area contributed by atoms with Crippen molar-refractivity contribution in [1.29, 1.82) is 0 Å². The second-order valence-corrected chi connectivity index (χ2v) is 4.70. The van der Waals surface area contributed by atoms with Crippen molar-refractivity contribution in [3.8, 4) is 0 Å². The molecule has 0 aromatic heterocycles. The summed E-state index contributed by atoms with van der Waals surface area (Å²) in [4.78, 5) is 11.9. The molecule has 0 aliphatic carbocycles. The highest BCUT2D eigenvalue weighted by molar-refractivity contribution is 9.10. The Kier molecular flexibility index (Phi) is 5.13. The highest BCUT2D eigenvalue weighted by atomic mass is 79.9. The van der Waals surface area contributed by atoms with E-state index in [2.05, 4.69) is 29.8 Å². The van der Waals surface area contributed by atoms with Crippen molar-refractivity contribution in [2.75, 3.05) is 0 Å². The summed E-state index contributed by atoms with van der Waals surface area (Å²) in [6, 6.07) is 4.58. The summed E-state index contributed by atoms with van der Waals surface area (Å²) >= 11 is 3.12. The quantitative estimate of drug-likeness (QED) is 0.723. The standard InChI is InChI=1S/C13H16BrFO/c1-3-9(4-2)8-12(16)10-6-5-7-11(15)13(10)14/h5-7,9H,3-4,8H2,1-2H3. The minimum Gasteiger partial charge on any atom is -0.294 e. The lowest BCUT2D eigenvalue weighted by Crippen LogP contribution is -2.08. The normalized spacial score (nSPS) is 10.8. The smallest absolute Gasteiger partial charge is 0.164 e. The SMILES string of the molecule is CCC(CC)CC(=O)c1cccc(F)c1Br. The first-order valence-electron chi connectivity index (χ1n) is 5.57. The molecule has 0 saturated heterocycles. The lowest BCUT2D eigenvalue weighted by atomic mass is 9.94. The zero-order chi connectivity index (χ0) is 12.1. The maximum atomic E-state index is 13.2. The number of halogens is 2. The van der Waals surface area contributed by atoms with Crippen LogP contribution in [0.3, 0.4) is 0 Å². The Morgan fingerprint density at radius 3 is 2.56 bits per heavy atom. The van der Waals surface area contributed by atoms with Gasteiger partial charge in [0.25, 0.3) is 0 Å². The van der Waals surface area contributed by atoms with Gasteiger partial charge in [0.05, 0.1) is 4.47 Å². The second-order valence-electron chi connectivity index (χ2n) is 3.91. The molecule has 3 heteroatoms. The first kappa shape index (κ1) is 13.4. The zero-order valence-electron chi connectivity index (χ0n) is 9.59. The third-order valence-electron chi connectivity index (χ3n) is 2.88. The fraction of sp³-hybridized carbons (Fsp3) is 0.462. The van der Waals surface area contributed by atoms with Gasteiger partial charge in [-0.3, -0.25) is 4.79 Å². The average Bonchev–Trinajstić information content (AvgIpc) is 2.29. The Morgan fingerprint density at radius 1 is 1.38 bits per heavy atom. The predicted octanol–water partition coefficient (Wildman–Crippen LogP) is 4.60. The molecular formula is C13H16BrFO. The number of benzene rings is 1. The van der Waals surface area contributed by atoms with E-state index in [1.807, 2.05) is 0 Å². The Balaban J connectivity index is 2.84. The predicted molar refractivity (Wildman–Crippen MR) is 67.1 cm³/mol. The molecule has 0 aliphatic rings. The topological polar surface area (TPSA) is 17.1 Å². The molecule has 0 saturated carbocycles. The second kappa shape index (κ2) is 6.14. The van der Waals surface area contributed by atoms with Crippen LogP contribution < -0.4 is 0 Å². The first-order chi connectivity index (χ1) is 7.60. The summed E-state index contributed by atoms with van der Waals surface area (Å²) in [5.74, 6) is 0.0261. The summed E-state index contributed by atoms with van der Waals surface area (Å²) in [5, 5.41) is 0. The van der Waals surface area contributed by atoms with Crippen LogP contribution in [-0.4, -0.2) is 5.78 Å². The molecule has 0 aliphatic heterocycles. The molecule has 0 heterocycles. The molecule has 0 atom stereocenters. The summed E-state index contributed by atoms with van der Waals surface area (Å²) in [6.07, 6.45) is 2.46. The molecule has 0 bridgehead atoms. The van der Waals surface area contributed by atoms with E-state index in [-0.39, 0.29) is 16.1 Å². The molecule has 0 radical (unpaired) electrons. The molecule has 0 amide bonds. The zero-order valence-corrected chi connectivity index (χ0v) is 11.2. The molecule has 1 aromatic carbocycles. The van der Waals surface area contributed by atoms with Crippen molar-refractivity contribution in [3.05, 3.63) is 34.1 Å². The third-order valence-corrected chi connectivity index (χ3v) is 3.69. The summed E-state index contributed by atoms with van der Waals surface area (Å²) in [6.45, 7) is 4.14. The van der Waals surface area contributed by atoms with Crippen LogP contribution in [0.25, 0.3) is 0 Å². The summed E-state index contributed by atoms with van der Waals surface area (Å²) < 4.78 is 13.5. The minimum absolute atomic E-state index is 0.0140. The van der Waals surface area contributed by atoms with Gasteiger partial charge in [-0.1, -0.05) is 38.8 Å². The van der Waals surface area contributed by atoms with E-state index in [0.717, 1.165) is 12.8 Å². The lowest BCUT2D eigenvalue weighted by molar-refractivity contribution is 0.0957. The van der Waals surface area contributed by atoms with Gasteiger partial charge in [-0.05, 0) is 27.9 Å². The van der Waals surface area contributed by atoms with Gasteiger partial charge in [0.1, 0.15) is 5.82 Å². The maximum absolute atomic E-state index is 13.2. The minimum atomic E-state index is -0.379. The van der Waals surface area contributed by atoms with Crippen molar-refractivity contribution >= 4 is 21.7 Å². The van der Waals surface area contributed by atoms with Gasteiger partial charge in [0, 0.05) is 12.0 Å². The Labute approximate surface area is 104 Å². The summed E-state index contributed by atoms with van der Waals surface area (Å²) in [5.41, 5.74) is 0.451. The molecule has 1 rings (SSSR count). The molecule has 0 fully saturated rings. The van der Waals surface area contributed by atoms with Crippen LogP contribution in [0.4, 0.5) is 4.39 Å². The van der Waals surface area contributed by atoms with E-state index in [9.17, 15) is 9.18 Å². The largest absolute Gasteiger partial charge is 0.294 e. The molecule has 0 spiro atoms. The van der Waals surface area contributed by atoms with E-state index >= 15 is 0 Å². The molecular weight excluding hydrogens is 271 g/mol. The van der Waals surface area contributed by atoms with Gasteiger partial charge in [0.15, 0.2) is 5.78 Å². The van der Waals surface area contributed by atoms with Crippen LogP contribution in [0.1, 0.15) is 43.5 Å². The van der Waals surface area contributed by atoms with Gasteiger partial charge in [-0.25, -0.2) is 4.39 Å². The summed E-state index contributed by atoms with van der Waals surface area (Å²) in [7, 11) is 0. The third kappa shape index (κ3) is 3.14. The fourth-order valence-electron chi connectivity index (χ4n) is 1.67. The van der Waals surface area contributed by atoms with E-state index in [0.29, 0.717) is 17.9 Å². The number of Topliss-reactive ketones (excluding diaryl/α,β-unsaturated/α-hetero) is 1. The van der Waals surface area contributed by atoms with E-state index in [1.54, 1.807) is 12.1 Å². The molecule has 0 N–H and O–H groups in total. The number of hydrogen-bond acceptors (Lipinski definition) is 1. The lowest BCUT2D eigenvalue weighted by Gasteiger charge is -2.11. The number of rotatable bonds is 5. The van der Waals surface area contributed by atoms with E-state index < -0.39 is 0 Å². The Morgan fingerprint density at radius 2 is 2.00 bits per heavy atom. The van der Waals surface area contributed by atoms with Crippen LogP contribution in [0.15, 0.2) is 22.7 Å². The van der Waals surface area contributed by atoms with Crippen LogP contribution in [0.5, 0.6) is 0 Å². The van der Waals surface area contributed by atoms with Crippen molar-refractivity contribution in [2.45, 2.75) is 33.1 Å². The fourth-order valence-corrected chi connectivity index (χ4v) is 2.15. The van der Waals surface area contributed by atoms with Crippen molar-refractivity contribution in [1.82, 2.24) is 0 Å². The van der Waals surface area contributed by atoms with Crippen LogP contribution >= 0.6 is 15.9 Å². The van der Waals surface area contributed by atoms with Crippen molar-refractivity contribution < 1.29 is 9.18 Å². The average molecular weight is 287 g/mol. The highest BCUT2D eigenvalue weighted by Crippen LogP contribution is 2.24. The van der Waals surface area contributed by atoms with E-state index in [1.165, 1.54) is 6.07 Å². The number of carbonyl (C=O) groups excluding carboxylic acids is 1. The molecule has 1 nitrogen and oxygen atoms in total. The number of carbonyl (C=O) groups is 1.